The maximum absolute atomic E-state index is 11.2. The summed E-state index contributed by atoms with van der Waals surface area (Å²) in [6.45, 7) is 1.64. The van der Waals surface area contributed by atoms with Gasteiger partial charge < -0.3 is 10.1 Å². The molecule has 0 saturated heterocycles. The number of ether oxygens (including phenoxy) is 1. The van der Waals surface area contributed by atoms with Crippen molar-refractivity contribution in [3.8, 4) is 5.75 Å². The largest absolute Gasteiger partial charge is 0.494 e. The predicted molar refractivity (Wildman–Crippen MR) is 68.2 cm³/mol. The molecule has 0 atom stereocenters. The first kappa shape index (κ1) is 14.0. The molecule has 1 aromatic rings. The Kier molecular flexibility index (Phi) is 5.44. The van der Waals surface area contributed by atoms with Crippen LogP contribution in [0.4, 0.5) is 0 Å². The second kappa shape index (κ2) is 6.61. The van der Waals surface area contributed by atoms with Crippen LogP contribution in [0, 0.1) is 0 Å². The fraction of sp³-hybridized carbons (Fsp3) is 0.500. The van der Waals surface area contributed by atoms with E-state index < -0.39 is 9.84 Å². The van der Waals surface area contributed by atoms with Crippen molar-refractivity contribution in [2.24, 2.45) is 0 Å². The van der Waals surface area contributed by atoms with Gasteiger partial charge in [-0.25, -0.2) is 8.42 Å². The van der Waals surface area contributed by atoms with Crippen LogP contribution >= 0.6 is 0 Å². The molecule has 0 fully saturated rings. The third-order valence-corrected chi connectivity index (χ3v) is 3.47. The minimum absolute atomic E-state index is 0.319. The highest BCUT2D eigenvalue weighted by Crippen LogP contribution is 2.15. The van der Waals surface area contributed by atoms with Gasteiger partial charge in [-0.1, -0.05) is 0 Å². The molecule has 1 rings (SSSR count). The Morgan fingerprint density at radius 3 is 2.35 bits per heavy atom. The molecule has 0 radical (unpaired) electrons. The number of sulfone groups is 1. The molecule has 0 amide bonds. The third kappa shape index (κ3) is 5.19. The average molecular weight is 257 g/mol. The maximum Gasteiger partial charge on any atom is 0.175 e. The topological polar surface area (TPSA) is 55.4 Å². The van der Waals surface area contributed by atoms with E-state index in [0.717, 1.165) is 19.4 Å². The number of hydrogen-bond donors (Lipinski definition) is 1. The number of rotatable bonds is 7. The second-order valence-electron chi connectivity index (χ2n) is 3.90. The van der Waals surface area contributed by atoms with Crippen LogP contribution in [0.1, 0.15) is 12.8 Å². The molecule has 0 aromatic heterocycles. The summed E-state index contributed by atoms with van der Waals surface area (Å²) < 4.78 is 28.0. The van der Waals surface area contributed by atoms with Crippen molar-refractivity contribution in [2.45, 2.75) is 17.7 Å². The lowest BCUT2D eigenvalue weighted by atomic mass is 10.3. The Morgan fingerprint density at radius 1 is 1.18 bits per heavy atom. The quantitative estimate of drug-likeness (QED) is 0.752. The second-order valence-corrected chi connectivity index (χ2v) is 5.92. The van der Waals surface area contributed by atoms with E-state index in [4.69, 9.17) is 4.74 Å². The standard InChI is InChI=1S/C12H19NO3S/c1-13-9-3-4-10-16-11-5-7-12(8-6-11)17(2,14)15/h5-8,13H,3-4,9-10H2,1-2H3. The average Bonchev–Trinajstić information content (AvgIpc) is 2.28. The van der Waals surface area contributed by atoms with Gasteiger partial charge in [0.2, 0.25) is 0 Å². The molecular weight excluding hydrogens is 238 g/mol. The summed E-state index contributed by atoms with van der Waals surface area (Å²) in [4.78, 5) is 0.319. The number of hydrogen-bond acceptors (Lipinski definition) is 4. The van der Waals surface area contributed by atoms with E-state index in [1.54, 1.807) is 24.3 Å². The van der Waals surface area contributed by atoms with Gasteiger partial charge in [0.15, 0.2) is 9.84 Å². The highest BCUT2D eigenvalue weighted by Gasteiger charge is 2.06. The SMILES string of the molecule is CNCCCCOc1ccc(S(C)(=O)=O)cc1. The summed E-state index contributed by atoms with van der Waals surface area (Å²) in [5, 5.41) is 3.07. The molecule has 0 saturated carbocycles. The van der Waals surface area contributed by atoms with Crippen LogP contribution in [-0.4, -0.2) is 34.9 Å². The lowest BCUT2D eigenvalue weighted by Crippen LogP contribution is -2.09. The first-order valence-corrected chi connectivity index (χ1v) is 7.50. The van der Waals surface area contributed by atoms with Crippen molar-refractivity contribution < 1.29 is 13.2 Å². The van der Waals surface area contributed by atoms with Crippen LogP contribution < -0.4 is 10.1 Å². The highest BCUT2D eigenvalue weighted by molar-refractivity contribution is 7.90. The molecule has 1 N–H and O–H groups in total. The smallest absolute Gasteiger partial charge is 0.175 e. The molecule has 5 heteroatoms. The van der Waals surface area contributed by atoms with Crippen molar-refractivity contribution in [1.82, 2.24) is 5.32 Å². The minimum atomic E-state index is -3.12. The zero-order valence-electron chi connectivity index (χ0n) is 10.3. The Hall–Kier alpha value is -1.07. The molecule has 0 unspecified atom stereocenters. The first-order valence-electron chi connectivity index (χ1n) is 5.61. The molecule has 96 valence electrons. The zero-order chi connectivity index (χ0) is 12.7. The lowest BCUT2D eigenvalue weighted by molar-refractivity contribution is 0.306. The van der Waals surface area contributed by atoms with Gasteiger partial charge >= 0.3 is 0 Å². The first-order chi connectivity index (χ1) is 8.04. The van der Waals surface area contributed by atoms with Crippen LogP contribution in [-0.2, 0) is 9.84 Å². The van der Waals surface area contributed by atoms with E-state index in [1.165, 1.54) is 6.26 Å². The molecule has 0 spiro atoms. The third-order valence-electron chi connectivity index (χ3n) is 2.34. The highest BCUT2D eigenvalue weighted by atomic mass is 32.2. The number of nitrogens with one attached hydrogen (secondary N) is 1. The van der Waals surface area contributed by atoms with E-state index in [-0.39, 0.29) is 0 Å². The molecule has 0 aliphatic carbocycles. The van der Waals surface area contributed by atoms with E-state index in [2.05, 4.69) is 5.32 Å². The fourth-order valence-corrected chi connectivity index (χ4v) is 2.01. The van der Waals surface area contributed by atoms with Gasteiger partial charge in [-0.15, -0.1) is 0 Å². The van der Waals surface area contributed by atoms with E-state index in [0.29, 0.717) is 17.3 Å². The van der Waals surface area contributed by atoms with Gasteiger partial charge in [0.1, 0.15) is 5.75 Å². The van der Waals surface area contributed by atoms with Crippen LogP contribution in [0.3, 0.4) is 0 Å². The van der Waals surface area contributed by atoms with Gasteiger partial charge in [0.25, 0.3) is 0 Å². The zero-order valence-corrected chi connectivity index (χ0v) is 11.1. The van der Waals surface area contributed by atoms with Crippen LogP contribution in [0.15, 0.2) is 29.2 Å². The van der Waals surface area contributed by atoms with Crippen molar-refractivity contribution in [2.75, 3.05) is 26.5 Å². The molecule has 17 heavy (non-hydrogen) atoms. The molecule has 1 aromatic carbocycles. The summed E-state index contributed by atoms with van der Waals surface area (Å²) in [5.74, 6) is 0.710. The van der Waals surface area contributed by atoms with Crippen LogP contribution in [0.25, 0.3) is 0 Å². The van der Waals surface area contributed by atoms with Crippen LogP contribution in [0.2, 0.25) is 0 Å². The Balaban J connectivity index is 2.41. The summed E-state index contributed by atoms with van der Waals surface area (Å²) in [6, 6.07) is 6.51. The molecule has 0 heterocycles. The van der Waals surface area contributed by atoms with E-state index in [9.17, 15) is 8.42 Å². The summed E-state index contributed by atoms with van der Waals surface area (Å²) in [5.41, 5.74) is 0. The van der Waals surface area contributed by atoms with E-state index >= 15 is 0 Å². The van der Waals surface area contributed by atoms with Gasteiger partial charge in [0.05, 0.1) is 11.5 Å². The summed E-state index contributed by atoms with van der Waals surface area (Å²) >= 11 is 0. The fourth-order valence-electron chi connectivity index (χ4n) is 1.38. The Morgan fingerprint density at radius 2 is 1.82 bits per heavy atom. The normalized spacial score (nSPS) is 11.4. The molecule has 0 bridgehead atoms. The Labute approximate surface area is 103 Å². The van der Waals surface area contributed by atoms with Crippen molar-refractivity contribution in [3.63, 3.8) is 0 Å². The minimum Gasteiger partial charge on any atom is -0.494 e. The molecule has 4 nitrogen and oxygen atoms in total. The van der Waals surface area contributed by atoms with Crippen LogP contribution in [0.5, 0.6) is 5.75 Å². The van der Waals surface area contributed by atoms with Gasteiger partial charge in [-0.3, -0.25) is 0 Å². The van der Waals surface area contributed by atoms with Crippen molar-refractivity contribution in [3.05, 3.63) is 24.3 Å². The van der Waals surface area contributed by atoms with Gasteiger partial charge in [0, 0.05) is 6.26 Å². The molecule has 0 aliphatic heterocycles. The Bertz CT molecular complexity index is 426. The number of benzene rings is 1. The van der Waals surface area contributed by atoms with Crippen molar-refractivity contribution >= 4 is 9.84 Å². The maximum atomic E-state index is 11.2. The van der Waals surface area contributed by atoms with Gasteiger partial charge in [-0.05, 0) is 50.7 Å². The monoisotopic (exact) mass is 257 g/mol. The summed E-state index contributed by atoms with van der Waals surface area (Å²) in [6.07, 6.45) is 3.24. The molecular formula is C12H19NO3S. The number of unbranched alkanes of at least 4 members (excludes halogenated alkanes) is 1. The molecule has 0 aliphatic rings. The summed E-state index contributed by atoms with van der Waals surface area (Å²) in [7, 11) is -1.19. The predicted octanol–water partition coefficient (Wildman–Crippen LogP) is 1.47. The lowest BCUT2D eigenvalue weighted by Gasteiger charge is -2.06. The van der Waals surface area contributed by atoms with E-state index in [1.807, 2.05) is 7.05 Å². The van der Waals surface area contributed by atoms with Gasteiger partial charge in [-0.2, -0.15) is 0 Å². The van der Waals surface area contributed by atoms with Crippen molar-refractivity contribution in [1.29, 1.82) is 0 Å².